The maximum absolute atomic E-state index is 5.70. The summed E-state index contributed by atoms with van der Waals surface area (Å²) < 4.78 is 5.70. The number of rotatable bonds is 5. The molecule has 20 heavy (non-hydrogen) atoms. The molecule has 0 spiro atoms. The molecule has 110 valence electrons. The van der Waals surface area contributed by atoms with Crippen molar-refractivity contribution < 1.29 is 4.42 Å². The summed E-state index contributed by atoms with van der Waals surface area (Å²) in [4.78, 5) is 4.52. The number of oxazole rings is 1. The van der Waals surface area contributed by atoms with Gasteiger partial charge in [0.2, 0.25) is 0 Å². The summed E-state index contributed by atoms with van der Waals surface area (Å²) in [5, 5.41) is 6.86. The van der Waals surface area contributed by atoms with Gasteiger partial charge in [0, 0.05) is 30.2 Å². The Morgan fingerprint density at radius 2 is 1.95 bits per heavy atom. The molecule has 1 aromatic heterocycles. The quantitative estimate of drug-likeness (QED) is 0.816. The van der Waals surface area contributed by atoms with Gasteiger partial charge in [-0.25, -0.2) is 4.98 Å². The van der Waals surface area contributed by atoms with Crippen LogP contribution < -0.4 is 10.6 Å². The fourth-order valence-electron chi connectivity index (χ4n) is 1.95. The van der Waals surface area contributed by atoms with E-state index in [1.165, 1.54) is 0 Å². The van der Waals surface area contributed by atoms with Gasteiger partial charge in [-0.15, -0.1) is 0 Å². The number of hydrogen-bond acceptors (Lipinski definition) is 4. The highest BCUT2D eigenvalue weighted by Crippen LogP contribution is 2.23. The van der Waals surface area contributed by atoms with E-state index in [1.54, 1.807) is 0 Å². The predicted molar refractivity (Wildman–Crippen MR) is 84.3 cm³/mol. The minimum atomic E-state index is 0.157. The summed E-state index contributed by atoms with van der Waals surface area (Å²) in [5.41, 5.74) is 3.01. The van der Waals surface area contributed by atoms with Crippen LogP contribution >= 0.6 is 0 Å². The fraction of sp³-hybridized carbons (Fsp3) is 0.562. The van der Waals surface area contributed by atoms with Gasteiger partial charge in [0.05, 0.1) is 0 Å². The molecule has 0 atom stereocenters. The maximum Gasteiger partial charge on any atom is 0.198 e. The fourth-order valence-corrected chi connectivity index (χ4v) is 1.95. The number of nitrogens with one attached hydrogen (secondary N) is 2. The lowest BCUT2D eigenvalue weighted by Gasteiger charge is -2.20. The maximum atomic E-state index is 5.70. The topological polar surface area (TPSA) is 50.1 Å². The molecule has 0 aliphatic heterocycles. The molecule has 1 aromatic carbocycles. The number of aromatic nitrogens is 1. The highest BCUT2D eigenvalue weighted by Gasteiger charge is 2.10. The van der Waals surface area contributed by atoms with E-state index < -0.39 is 0 Å². The molecule has 2 rings (SSSR count). The summed E-state index contributed by atoms with van der Waals surface area (Å²) in [6.07, 6.45) is 0. The second-order valence-electron chi connectivity index (χ2n) is 6.49. The number of hydrogen-bond donors (Lipinski definition) is 2. The van der Waals surface area contributed by atoms with E-state index >= 15 is 0 Å². The zero-order chi connectivity index (χ0) is 14.8. The molecule has 0 saturated carbocycles. The average molecular weight is 275 g/mol. The molecule has 0 radical (unpaired) electrons. The van der Waals surface area contributed by atoms with Crippen LogP contribution in [0.15, 0.2) is 22.6 Å². The van der Waals surface area contributed by atoms with E-state index in [2.05, 4.69) is 50.2 Å². The number of nitrogens with zero attached hydrogens (tertiary/aromatic N) is 1. The van der Waals surface area contributed by atoms with Crippen LogP contribution in [0.3, 0.4) is 0 Å². The van der Waals surface area contributed by atoms with Crippen LogP contribution in [0.25, 0.3) is 11.1 Å². The first-order valence-corrected chi connectivity index (χ1v) is 7.24. The highest BCUT2D eigenvalue weighted by atomic mass is 16.3. The van der Waals surface area contributed by atoms with Gasteiger partial charge in [-0.2, -0.15) is 0 Å². The van der Waals surface area contributed by atoms with Crippen molar-refractivity contribution in [2.75, 3.05) is 18.4 Å². The second kappa shape index (κ2) is 5.83. The van der Waals surface area contributed by atoms with E-state index in [0.29, 0.717) is 5.92 Å². The second-order valence-corrected chi connectivity index (χ2v) is 6.49. The molecule has 0 saturated heterocycles. The van der Waals surface area contributed by atoms with Gasteiger partial charge < -0.3 is 15.1 Å². The minimum Gasteiger partial charge on any atom is -0.440 e. The Morgan fingerprint density at radius 1 is 1.20 bits per heavy atom. The largest absolute Gasteiger partial charge is 0.440 e. The Balaban J connectivity index is 1.97. The van der Waals surface area contributed by atoms with Crippen LogP contribution in [0.1, 0.15) is 46.4 Å². The predicted octanol–water partition coefficient (Wildman–Crippen LogP) is 3.75. The van der Waals surface area contributed by atoms with E-state index in [9.17, 15) is 0 Å². The van der Waals surface area contributed by atoms with Crippen LogP contribution in [0.5, 0.6) is 0 Å². The van der Waals surface area contributed by atoms with Gasteiger partial charge in [-0.1, -0.05) is 13.8 Å². The van der Waals surface area contributed by atoms with Gasteiger partial charge in [-0.3, -0.25) is 0 Å². The smallest absolute Gasteiger partial charge is 0.198 e. The summed E-state index contributed by atoms with van der Waals surface area (Å²) in [6.45, 7) is 12.5. The molecule has 2 aromatic rings. The van der Waals surface area contributed by atoms with Crippen LogP contribution in [0.2, 0.25) is 0 Å². The molecule has 0 bridgehead atoms. The van der Waals surface area contributed by atoms with E-state index in [4.69, 9.17) is 4.42 Å². The summed E-state index contributed by atoms with van der Waals surface area (Å²) in [7, 11) is 0. The van der Waals surface area contributed by atoms with Gasteiger partial charge in [-0.05, 0) is 39.0 Å². The van der Waals surface area contributed by atoms with Crippen LogP contribution in [-0.2, 0) is 0 Å². The minimum absolute atomic E-state index is 0.157. The normalized spacial score (nSPS) is 12.3. The molecular weight excluding hydrogens is 250 g/mol. The first-order chi connectivity index (χ1) is 9.35. The van der Waals surface area contributed by atoms with Crippen molar-refractivity contribution in [3.8, 4) is 0 Å². The van der Waals surface area contributed by atoms with Crippen LogP contribution in [-0.4, -0.2) is 23.6 Å². The monoisotopic (exact) mass is 275 g/mol. The van der Waals surface area contributed by atoms with Crippen molar-refractivity contribution in [3.05, 3.63) is 24.1 Å². The molecule has 0 aliphatic rings. The van der Waals surface area contributed by atoms with Crippen molar-refractivity contribution in [1.29, 1.82) is 0 Å². The lowest BCUT2D eigenvalue weighted by atomic mass is 10.1. The third-order valence-electron chi connectivity index (χ3n) is 3.01. The van der Waals surface area contributed by atoms with Crippen molar-refractivity contribution in [2.24, 2.45) is 0 Å². The first kappa shape index (κ1) is 14.9. The zero-order valence-corrected chi connectivity index (χ0v) is 13.1. The third kappa shape index (κ3) is 3.97. The standard InChI is InChI=1S/C16H25N3O/c1-11(2)15-19-13-10-12(6-7-14(13)20-15)17-8-9-18-16(3,4)5/h6-7,10-11,17-18H,8-9H2,1-5H3. The Bertz CT molecular complexity index is 567. The molecular formula is C16H25N3O. The summed E-state index contributed by atoms with van der Waals surface area (Å²) in [6, 6.07) is 6.06. The lowest BCUT2D eigenvalue weighted by Crippen LogP contribution is -2.38. The molecule has 0 aliphatic carbocycles. The van der Waals surface area contributed by atoms with Crippen molar-refractivity contribution in [1.82, 2.24) is 10.3 Å². The van der Waals surface area contributed by atoms with E-state index in [-0.39, 0.29) is 5.54 Å². The van der Waals surface area contributed by atoms with Gasteiger partial charge >= 0.3 is 0 Å². The number of anilines is 1. The molecule has 0 amide bonds. The molecule has 0 fully saturated rings. The SMILES string of the molecule is CC(C)c1nc2cc(NCCNC(C)(C)C)ccc2o1. The van der Waals surface area contributed by atoms with Crippen molar-refractivity contribution in [3.63, 3.8) is 0 Å². The highest BCUT2D eigenvalue weighted by molar-refractivity contribution is 5.77. The average Bonchev–Trinajstić information content (AvgIpc) is 2.76. The first-order valence-electron chi connectivity index (χ1n) is 7.24. The van der Waals surface area contributed by atoms with Crippen LogP contribution in [0, 0.1) is 0 Å². The summed E-state index contributed by atoms with van der Waals surface area (Å²) in [5.74, 6) is 1.11. The Hall–Kier alpha value is -1.55. The number of fused-ring (bicyclic) bond motifs is 1. The van der Waals surface area contributed by atoms with Crippen molar-refractivity contribution >= 4 is 16.8 Å². The van der Waals surface area contributed by atoms with Gasteiger partial charge in [0.15, 0.2) is 11.5 Å². The molecule has 0 unspecified atom stereocenters. The zero-order valence-electron chi connectivity index (χ0n) is 13.1. The van der Waals surface area contributed by atoms with Crippen molar-refractivity contribution in [2.45, 2.75) is 46.1 Å². The van der Waals surface area contributed by atoms with Gasteiger partial charge in [0.25, 0.3) is 0 Å². The summed E-state index contributed by atoms with van der Waals surface area (Å²) >= 11 is 0. The van der Waals surface area contributed by atoms with Gasteiger partial charge in [0.1, 0.15) is 5.52 Å². The molecule has 4 heteroatoms. The Labute approximate surface area is 121 Å². The number of benzene rings is 1. The molecule has 2 N–H and O–H groups in total. The molecule has 4 nitrogen and oxygen atoms in total. The van der Waals surface area contributed by atoms with Crippen LogP contribution in [0.4, 0.5) is 5.69 Å². The molecule has 1 heterocycles. The van der Waals surface area contributed by atoms with E-state index in [1.807, 2.05) is 18.2 Å². The van der Waals surface area contributed by atoms with E-state index in [0.717, 1.165) is 35.8 Å². The Kier molecular flexibility index (Phi) is 4.33. The Morgan fingerprint density at radius 3 is 2.60 bits per heavy atom. The third-order valence-corrected chi connectivity index (χ3v) is 3.01. The lowest BCUT2D eigenvalue weighted by molar-refractivity contribution is 0.435.